The number of hydrogen-bond donors (Lipinski definition) is 1. The second kappa shape index (κ2) is 13.8. The maximum atomic E-state index is 14.0. The van der Waals surface area contributed by atoms with Gasteiger partial charge in [-0.3, -0.25) is 13.9 Å². The number of nitrogens with one attached hydrogen (secondary N) is 1. The SMILES string of the molecule is CCNC(=O)[C@H](CC)N(Cc1ccc(F)cc1)C(=O)CN(c1ccccc1OC)S(=O)(=O)c1ccc(OC)cc1. The van der Waals surface area contributed by atoms with Gasteiger partial charge in [0.25, 0.3) is 10.0 Å². The van der Waals surface area contributed by atoms with Crippen LogP contribution in [0.5, 0.6) is 11.5 Å². The molecule has 3 aromatic rings. The molecule has 0 aliphatic rings. The highest BCUT2D eigenvalue weighted by atomic mass is 32.2. The summed E-state index contributed by atoms with van der Waals surface area (Å²) in [4.78, 5) is 28.2. The molecule has 0 aliphatic heterocycles. The third-order valence-electron chi connectivity index (χ3n) is 6.28. The number of rotatable bonds is 13. The lowest BCUT2D eigenvalue weighted by molar-refractivity contribution is -0.140. The molecule has 0 saturated heterocycles. The van der Waals surface area contributed by atoms with Crippen molar-refractivity contribution in [3.63, 3.8) is 0 Å². The van der Waals surface area contributed by atoms with Crippen LogP contribution in [0, 0.1) is 5.82 Å². The fourth-order valence-corrected chi connectivity index (χ4v) is 5.65. The van der Waals surface area contributed by atoms with Gasteiger partial charge in [0.1, 0.15) is 29.9 Å². The number of hydrogen-bond acceptors (Lipinski definition) is 6. The Hall–Kier alpha value is -4.12. The summed E-state index contributed by atoms with van der Waals surface area (Å²) < 4.78 is 53.1. The summed E-state index contributed by atoms with van der Waals surface area (Å²) in [5, 5.41) is 2.74. The summed E-state index contributed by atoms with van der Waals surface area (Å²) >= 11 is 0. The van der Waals surface area contributed by atoms with Crippen LogP contribution in [0.2, 0.25) is 0 Å². The molecule has 11 heteroatoms. The summed E-state index contributed by atoms with van der Waals surface area (Å²) in [6, 6.07) is 16.9. The van der Waals surface area contributed by atoms with Gasteiger partial charge in [-0.1, -0.05) is 31.2 Å². The van der Waals surface area contributed by atoms with Crippen molar-refractivity contribution in [1.29, 1.82) is 0 Å². The fraction of sp³-hybridized carbons (Fsp3) is 0.310. The average molecular weight is 572 g/mol. The van der Waals surface area contributed by atoms with E-state index in [0.29, 0.717) is 17.9 Å². The maximum Gasteiger partial charge on any atom is 0.264 e. The maximum absolute atomic E-state index is 14.0. The van der Waals surface area contributed by atoms with Gasteiger partial charge in [0.15, 0.2) is 0 Å². The Morgan fingerprint density at radius 1 is 0.925 bits per heavy atom. The van der Waals surface area contributed by atoms with Gasteiger partial charge >= 0.3 is 0 Å². The summed E-state index contributed by atoms with van der Waals surface area (Å²) in [5.41, 5.74) is 0.737. The van der Waals surface area contributed by atoms with Crippen LogP contribution in [0.3, 0.4) is 0 Å². The Balaban J connectivity index is 2.09. The highest BCUT2D eigenvalue weighted by Crippen LogP contribution is 2.33. The highest BCUT2D eigenvalue weighted by Gasteiger charge is 2.34. The minimum atomic E-state index is -4.28. The zero-order valence-corrected chi connectivity index (χ0v) is 23.8. The van der Waals surface area contributed by atoms with Crippen LogP contribution in [0.15, 0.2) is 77.7 Å². The van der Waals surface area contributed by atoms with Crippen LogP contribution >= 0.6 is 0 Å². The zero-order chi connectivity index (χ0) is 29.3. The number of nitrogens with zero attached hydrogens (tertiary/aromatic N) is 2. The Morgan fingerprint density at radius 3 is 2.15 bits per heavy atom. The molecule has 3 aromatic carbocycles. The van der Waals surface area contributed by atoms with E-state index in [-0.39, 0.29) is 35.2 Å². The highest BCUT2D eigenvalue weighted by molar-refractivity contribution is 7.92. The van der Waals surface area contributed by atoms with Crippen LogP contribution in [-0.2, 0) is 26.2 Å². The lowest BCUT2D eigenvalue weighted by atomic mass is 10.1. The van der Waals surface area contributed by atoms with Crippen LogP contribution in [0.4, 0.5) is 10.1 Å². The number of methoxy groups -OCH3 is 2. The predicted octanol–water partition coefficient (Wildman–Crippen LogP) is 3.98. The molecule has 1 atom stereocenters. The number of anilines is 1. The first kappa shape index (κ1) is 30.4. The molecule has 0 fully saturated rings. The van der Waals surface area contributed by atoms with E-state index in [9.17, 15) is 22.4 Å². The molecule has 0 unspecified atom stereocenters. The molecular weight excluding hydrogens is 537 g/mol. The first-order chi connectivity index (χ1) is 19.2. The Kier molecular flexibility index (Phi) is 10.5. The largest absolute Gasteiger partial charge is 0.497 e. The van der Waals surface area contributed by atoms with Crippen molar-refractivity contribution >= 4 is 27.5 Å². The number of carbonyl (C=O) groups is 2. The van der Waals surface area contributed by atoms with Crippen molar-refractivity contribution in [1.82, 2.24) is 10.2 Å². The van der Waals surface area contributed by atoms with E-state index in [1.54, 1.807) is 38.1 Å². The second-order valence-corrected chi connectivity index (χ2v) is 10.7. The number of para-hydroxylation sites is 2. The van der Waals surface area contributed by atoms with Crippen molar-refractivity contribution in [3.8, 4) is 11.5 Å². The summed E-state index contributed by atoms with van der Waals surface area (Å²) in [7, 11) is -1.41. The summed E-state index contributed by atoms with van der Waals surface area (Å²) in [5.74, 6) is -0.719. The van der Waals surface area contributed by atoms with Gasteiger partial charge in [0.05, 0.1) is 24.8 Å². The monoisotopic (exact) mass is 571 g/mol. The predicted molar refractivity (Wildman–Crippen MR) is 150 cm³/mol. The van der Waals surface area contributed by atoms with E-state index in [0.717, 1.165) is 4.31 Å². The molecule has 3 rings (SSSR count). The third-order valence-corrected chi connectivity index (χ3v) is 8.06. The molecule has 2 amide bonds. The van der Waals surface area contributed by atoms with E-state index >= 15 is 0 Å². The van der Waals surface area contributed by atoms with E-state index in [1.165, 1.54) is 67.7 Å². The Bertz CT molecular complexity index is 1400. The number of amides is 2. The van der Waals surface area contributed by atoms with Crippen LogP contribution in [0.1, 0.15) is 25.8 Å². The minimum Gasteiger partial charge on any atom is -0.497 e. The molecule has 9 nitrogen and oxygen atoms in total. The second-order valence-electron chi connectivity index (χ2n) is 8.83. The molecule has 0 bridgehead atoms. The molecule has 0 radical (unpaired) electrons. The first-order valence-electron chi connectivity index (χ1n) is 12.8. The summed E-state index contributed by atoms with van der Waals surface area (Å²) in [6.45, 7) is 3.23. The third kappa shape index (κ3) is 7.09. The minimum absolute atomic E-state index is 0.0307. The Labute approximate surface area is 234 Å². The normalized spacial score (nSPS) is 11.8. The van der Waals surface area contributed by atoms with Crippen molar-refractivity contribution in [2.75, 3.05) is 31.6 Å². The van der Waals surface area contributed by atoms with Crippen LogP contribution < -0.4 is 19.1 Å². The summed E-state index contributed by atoms with van der Waals surface area (Å²) in [6.07, 6.45) is 0.276. The van der Waals surface area contributed by atoms with E-state index in [4.69, 9.17) is 9.47 Å². The standard InChI is InChI=1S/C29H34FN3O6S/c1-5-25(29(35)31-6-2)32(19-21-11-13-22(30)14-12-21)28(34)20-33(26-9-7-8-10-27(26)39-4)40(36,37)24-17-15-23(38-3)16-18-24/h7-18,25H,5-6,19-20H2,1-4H3,(H,31,35)/t25-/m0/s1. The molecule has 0 heterocycles. The van der Waals surface area contributed by atoms with Crippen molar-refractivity contribution < 1.29 is 31.9 Å². The number of ether oxygens (including phenoxy) is 2. The van der Waals surface area contributed by atoms with E-state index in [2.05, 4.69) is 5.32 Å². The molecule has 0 aromatic heterocycles. The van der Waals surface area contributed by atoms with Gasteiger partial charge in [-0.2, -0.15) is 0 Å². The molecule has 0 aliphatic carbocycles. The number of sulfonamides is 1. The molecule has 0 saturated carbocycles. The van der Waals surface area contributed by atoms with Gasteiger partial charge in [-0.25, -0.2) is 12.8 Å². The molecule has 214 valence electrons. The van der Waals surface area contributed by atoms with Crippen molar-refractivity contribution in [2.45, 2.75) is 37.8 Å². The smallest absolute Gasteiger partial charge is 0.264 e. The van der Waals surface area contributed by atoms with Gasteiger partial charge in [0.2, 0.25) is 11.8 Å². The fourth-order valence-electron chi connectivity index (χ4n) is 4.22. The van der Waals surface area contributed by atoms with Gasteiger partial charge in [-0.15, -0.1) is 0 Å². The lowest BCUT2D eigenvalue weighted by Crippen LogP contribution is -2.52. The molecule has 0 spiro atoms. The van der Waals surface area contributed by atoms with E-state index < -0.39 is 34.3 Å². The number of benzene rings is 3. The average Bonchev–Trinajstić information content (AvgIpc) is 2.96. The quantitative estimate of drug-likeness (QED) is 0.333. The van der Waals surface area contributed by atoms with Crippen molar-refractivity contribution in [3.05, 3.63) is 84.2 Å². The number of halogens is 1. The van der Waals surface area contributed by atoms with Gasteiger partial charge in [0, 0.05) is 13.1 Å². The number of carbonyl (C=O) groups excluding carboxylic acids is 2. The van der Waals surface area contributed by atoms with Crippen LogP contribution in [-0.4, -0.2) is 58.5 Å². The topological polar surface area (TPSA) is 105 Å². The molecular formula is C29H34FN3O6S. The number of likely N-dealkylation sites (N-methyl/N-ethyl adjacent to an activating group) is 1. The van der Waals surface area contributed by atoms with Crippen LogP contribution in [0.25, 0.3) is 0 Å². The zero-order valence-electron chi connectivity index (χ0n) is 23.0. The molecule has 1 N–H and O–H groups in total. The Morgan fingerprint density at radius 2 is 1.57 bits per heavy atom. The van der Waals surface area contributed by atoms with Gasteiger partial charge in [-0.05, 0) is 67.4 Å². The van der Waals surface area contributed by atoms with E-state index in [1.807, 2.05) is 0 Å². The van der Waals surface area contributed by atoms with Gasteiger partial charge < -0.3 is 19.7 Å². The van der Waals surface area contributed by atoms with Crippen molar-refractivity contribution in [2.24, 2.45) is 0 Å². The molecule has 40 heavy (non-hydrogen) atoms. The lowest BCUT2D eigenvalue weighted by Gasteiger charge is -2.33. The first-order valence-corrected chi connectivity index (χ1v) is 14.2.